The van der Waals surface area contributed by atoms with Gasteiger partial charge in [-0.05, 0) is 128 Å². The fourth-order valence-electron chi connectivity index (χ4n) is 10.7. The molecular weight excluding hydrogens is 983 g/mol. The van der Waals surface area contributed by atoms with E-state index in [9.17, 15) is 1.37 Å². The zero-order valence-electron chi connectivity index (χ0n) is 45.0. The third-order valence-corrected chi connectivity index (χ3v) is 13.0. The molecule has 3 heterocycles. The quantitative estimate of drug-likeness (QED) is 0.123. The molecule has 3 aromatic heterocycles. The van der Waals surface area contributed by atoms with E-state index in [2.05, 4.69) is 91.8 Å². The first-order valence-corrected chi connectivity index (χ1v) is 22.7. The maximum atomic E-state index is 9.74. The summed E-state index contributed by atoms with van der Waals surface area (Å²) in [7, 11) is 0. The van der Waals surface area contributed by atoms with E-state index in [-0.39, 0.29) is 36.5 Å². The fraction of sp³-hybridized carbons (Fsp3) is 0.279. The summed E-state index contributed by atoms with van der Waals surface area (Å²) in [5.74, 6) is -1.96. The first-order valence-electron chi connectivity index (χ1n) is 25.7. The molecule has 66 heavy (non-hydrogen) atoms. The predicted octanol–water partition coefficient (Wildman–Crippen LogP) is 17.1. The number of hydrogen-bond donors (Lipinski definition) is 0. The molecule has 4 nitrogen and oxygen atoms in total. The van der Waals surface area contributed by atoms with Crippen LogP contribution in [0.5, 0.6) is 0 Å². The molecule has 5 heteroatoms. The van der Waals surface area contributed by atoms with Crippen LogP contribution in [-0.2, 0) is 20.1 Å². The molecule has 0 spiro atoms. The zero-order chi connectivity index (χ0) is 50.5. The van der Waals surface area contributed by atoms with Gasteiger partial charge in [-0.15, -0.1) is 54.1 Å². The Morgan fingerprint density at radius 3 is 2.17 bits per heavy atom. The van der Waals surface area contributed by atoms with Crippen molar-refractivity contribution >= 4 is 54.5 Å². The Morgan fingerprint density at radius 1 is 0.727 bits per heavy atom. The number of para-hydroxylation sites is 3. The number of aromatic nitrogens is 3. The molecule has 1 aliphatic rings. The molecule has 1 saturated carbocycles. The Bertz CT molecular complexity index is 3620. The van der Waals surface area contributed by atoms with Crippen molar-refractivity contribution in [3.8, 4) is 28.3 Å². The number of hydrogen-bond acceptors (Lipinski definition) is 3. The van der Waals surface area contributed by atoms with Gasteiger partial charge >= 0.3 is 0 Å². The Morgan fingerprint density at radius 2 is 1.44 bits per heavy atom. The second-order valence-electron chi connectivity index (χ2n) is 19.9. The number of fused-ring (bicyclic) bond motifs is 7. The van der Waals surface area contributed by atoms with E-state index >= 15 is 0 Å². The van der Waals surface area contributed by atoms with E-state index in [0.29, 0.717) is 35.2 Å². The monoisotopic (exact) mass is 1050 g/mol. The van der Waals surface area contributed by atoms with Crippen molar-refractivity contribution in [1.82, 2.24) is 14.5 Å². The standard InChI is InChI=1S/C36H34NO.C25H25N2.Ir/c1-22-20-37-32(16-29(22)25-18-35(2,3)21-36(4,5)19-25)28-12-8-11-27-31-15-24-14-13-23-9-6-7-10-26(23)30(24)17-33(31)38-34(27)28;1-17(2)20-13-10-14-21(18(3)4)24(20)27-23-16-9-8-15-22(23)26-25(27)19-11-6-5-7-12-19;/h6-11,13-17,20,25H,18-19,21H2,1-5H3;5-11,13-18H,1-4H3;/q2*-1;/i1D3,25D;17D,18D;. The van der Waals surface area contributed by atoms with Gasteiger partial charge in [0.15, 0.2) is 0 Å². The summed E-state index contributed by atoms with van der Waals surface area (Å²) in [5.41, 5.74) is 8.52. The molecule has 11 rings (SSSR count). The maximum absolute atomic E-state index is 9.74. The summed E-state index contributed by atoms with van der Waals surface area (Å²) < 4.78 is 60.9. The smallest absolute Gasteiger partial charge is 0.121 e. The molecule has 0 N–H and O–H groups in total. The summed E-state index contributed by atoms with van der Waals surface area (Å²) >= 11 is 0. The molecule has 10 aromatic rings. The topological polar surface area (TPSA) is 43.9 Å². The average molecular weight is 1050 g/mol. The number of imidazole rings is 1. The summed E-state index contributed by atoms with van der Waals surface area (Å²) in [6.07, 6.45) is 3.60. The van der Waals surface area contributed by atoms with Gasteiger partial charge in [0.05, 0.1) is 22.4 Å². The van der Waals surface area contributed by atoms with E-state index in [0.717, 1.165) is 72.8 Å². The van der Waals surface area contributed by atoms with E-state index in [4.69, 9.17) is 16.3 Å². The van der Waals surface area contributed by atoms with Crippen molar-refractivity contribution < 1.29 is 32.7 Å². The third kappa shape index (κ3) is 8.42. The van der Waals surface area contributed by atoms with Gasteiger partial charge in [-0.25, -0.2) is 0 Å². The first kappa shape index (κ1) is 38.3. The van der Waals surface area contributed by atoms with Gasteiger partial charge in [-0.2, -0.15) is 0 Å². The molecule has 0 amide bonds. The number of rotatable bonds is 6. The van der Waals surface area contributed by atoms with Crippen LogP contribution >= 0.6 is 0 Å². The van der Waals surface area contributed by atoms with Crippen molar-refractivity contribution in [3.05, 3.63) is 174 Å². The van der Waals surface area contributed by atoms with E-state index in [1.54, 1.807) is 0 Å². The molecular formula is C61H59IrN3O-2. The molecule has 1 radical (unpaired) electrons. The van der Waals surface area contributed by atoms with E-state index in [1.165, 1.54) is 17.0 Å². The minimum Gasteiger partial charge on any atom is -0.501 e. The van der Waals surface area contributed by atoms with Crippen molar-refractivity contribution in [3.63, 3.8) is 0 Å². The summed E-state index contributed by atoms with van der Waals surface area (Å²) in [6, 6.07) is 51.0. The van der Waals surface area contributed by atoms with Gasteiger partial charge in [0.2, 0.25) is 0 Å². The van der Waals surface area contributed by atoms with Crippen LogP contribution in [-0.4, -0.2) is 14.5 Å². The van der Waals surface area contributed by atoms with Crippen molar-refractivity contribution in [2.45, 2.75) is 99.2 Å². The largest absolute Gasteiger partial charge is 0.501 e. The van der Waals surface area contributed by atoms with Gasteiger partial charge in [0, 0.05) is 45.6 Å². The molecule has 1 fully saturated rings. The molecule has 0 bridgehead atoms. The molecule has 1 aliphatic carbocycles. The molecule has 0 saturated heterocycles. The van der Waals surface area contributed by atoms with Gasteiger partial charge in [0.25, 0.3) is 0 Å². The van der Waals surface area contributed by atoms with Gasteiger partial charge in [-0.3, -0.25) is 4.98 Å². The molecule has 0 atom stereocenters. The van der Waals surface area contributed by atoms with Crippen LogP contribution in [0.4, 0.5) is 0 Å². The Kier molecular flexibility index (Phi) is 10.3. The number of benzene rings is 7. The van der Waals surface area contributed by atoms with Crippen LogP contribution in [0.2, 0.25) is 0 Å². The van der Waals surface area contributed by atoms with Crippen LogP contribution in [0.15, 0.2) is 144 Å². The van der Waals surface area contributed by atoms with Gasteiger partial charge < -0.3 is 14.0 Å². The second kappa shape index (κ2) is 17.7. The third-order valence-electron chi connectivity index (χ3n) is 13.0. The Labute approximate surface area is 412 Å². The maximum Gasteiger partial charge on any atom is 0.121 e. The zero-order valence-corrected chi connectivity index (χ0v) is 41.4. The Hall–Kier alpha value is -5.87. The normalized spacial score (nSPS) is 17.2. The Balaban J connectivity index is 0.000000188. The van der Waals surface area contributed by atoms with Crippen molar-refractivity contribution in [1.29, 1.82) is 0 Å². The number of aryl methyl sites for hydroxylation is 1. The van der Waals surface area contributed by atoms with E-state index in [1.807, 2.05) is 119 Å². The van der Waals surface area contributed by atoms with E-state index < -0.39 is 24.5 Å². The van der Waals surface area contributed by atoms with Gasteiger partial charge in [0.1, 0.15) is 5.58 Å². The predicted molar refractivity (Wildman–Crippen MR) is 273 cm³/mol. The number of nitrogens with zero attached hydrogens (tertiary/aromatic N) is 3. The average Bonchev–Trinajstić information content (AvgIpc) is 3.87. The van der Waals surface area contributed by atoms with Crippen LogP contribution < -0.4 is 0 Å². The summed E-state index contributed by atoms with van der Waals surface area (Å²) in [6.45, 7) is 13.9. The molecule has 7 aromatic carbocycles. The van der Waals surface area contributed by atoms with Gasteiger partial charge in [-0.1, -0.05) is 139 Å². The molecule has 0 aliphatic heterocycles. The molecule has 335 valence electrons. The van der Waals surface area contributed by atoms with Crippen LogP contribution in [0.1, 0.15) is 123 Å². The van der Waals surface area contributed by atoms with Crippen LogP contribution in [0, 0.1) is 29.8 Å². The molecule has 0 unspecified atom stereocenters. The van der Waals surface area contributed by atoms with Crippen molar-refractivity contribution in [2.24, 2.45) is 10.8 Å². The minimum absolute atomic E-state index is 0. The second-order valence-corrected chi connectivity index (χ2v) is 19.9. The number of pyridine rings is 1. The summed E-state index contributed by atoms with van der Waals surface area (Å²) in [4.78, 5) is 9.57. The van der Waals surface area contributed by atoms with Crippen molar-refractivity contribution in [2.75, 3.05) is 0 Å². The first-order chi connectivity index (χ1) is 33.4. The minimum atomic E-state index is -2.38. The van der Waals surface area contributed by atoms with Crippen LogP contribution in [0.25, 0.3) is 82.8 Å². The number of furan rings is 1. The SMILES string of the molecule is [2H]C(C)(C)c1cccc(C([2H])(C)C)c1-n1c(-c2[c-]cccc2)nc2ccccc21.[2H]C([2H])([2H])c1cnc(-c2[c-]ccc3c2oc2cc4c(ccc5ccccc54)cc23)cc1C1([2H])CC(C)(C)CC(C)(C)C1.[Ir]. The summed E-state index contributed by atoms with van der Waals surface area (Å²) in [5, 5.41) is 6.59. The van der Waals surface area contributed by atoms with Crippen LogP contribution in [0.3, 0.4) is 0 Å². The fourth-order valence-corrected chi connectivity index (χ4v) is 10.7.